The molecule has 0 spiro atoms. The van der Waals surface area contributed by atoms with Crippen LogP contribution in [0.25, 0.3) is 10.9 Å². The lowest BCUT2D eigenvalue weighted by Gasteiger charge is -2.39. The SMILES string of the molecule is CC(C)(C)OC(=O)NC1CN(c2nc(OC[C@@]34CCCN3C[C@H](F)C4)nc3c(F)c(Cl)ncc23)CC(F)(F)C1. The van der Waals surface area contributed by atoms with Gasteiger partial charge in [-0.3, -0.25) is 4.90 Å². The number of alkyl carbamates (subject to hydrolysis) is 1. The Labute approximate surface area is 228 Å². The number of carbonyl (C=O) groups excluding carboxylic acids is 1. The third-order valence-corrected chi connectivity index (χ3v) is 7.52. The van der Waals surface area contributed by atoms with Gasteiger partial charge in [0.25, 0.3) is 5.92 Å². The highest BCUT2D eigenvalue weighted by Gasteiger charge is 2.49. The molecule has 9 nitrogen and oxygen atoms in total. The number of rotatable bonds is 5. The van der Waals surface area contributed by atoms with Crippen molar-refractivity contribution < 1.29 is 31.8 Å². The molecular formula is C25H31ClF4N6O3. The van der Waals surface area contributed by atoms with Crippen molar-refractivity contribution in [1.29, 1.82) is 0 Å². The third kappa shape index (κ3) is 5.93. The Kier molecular flexibility index (Phi) is 7.19. The van der Waals surface area contributed by atoms with Crippen molar-refractivity contribution in [3.05, 3.63) is 17.2 Å². The van der Waals surface area contributed by atoms with Gasteiger partial charge < -0.3 is 19.7 Å². The van der Waals surface area contributed by atoms with E-state index < -0.39 is 59.3 Å². The summed E-state index contributed by atoms with van der Waals surface area (Å²) in [5.74, 6) is -4.19. The van der Waals surface area contributed by atoms with Crippen LogP contribution >= 0.6 is 11.6 Å². The maximum absolute atomic E-state index is 15.1. The number of hydrogen-bond donors (Lipinski definition) is 1. The number of alkyl halides is 3. The zero-order chi connectivity index (χ0) is 28.2. The van der Waals surface area contributed by atoms with Crippen molar-refractivity contribution >= 4 is 34.4 Å². The van der Waals surface area contributed by atoms with Crippen LogP contribution in [0.1, 0.15) is 46.5 Å². The van der Waals surface area contributed by atoms with Crippen LogP contribution in [0.3, 0.4) is 0 Å². The van der Waals surface area contributed by atoms with E-state index in [0.717, 1.165) is 19.4 Å². The van der Waals surface area contributed by atoms with E-state index in [1.165, 1.54) is 11.1 Å². The quantitative estimate of drug-likeness (QED) is 0.412. The molecule has 5 rings (SSSR count). The molecule has 1 N–H and O–H groups in total. The molecule has 0 saturated carbocycles. The minimum Gasteiger partial charge on any atom is -0.461 e. The van der Waals surface area contributed by atoms with Gasteiger partial charge in [0.05, 0.1) is 23.5 Å². The van der Waals surface area contributed by atoms with Crippen LogP contribution < -0.4 is 15.0 Å². The monoisotopic (exact) mass is 574 g/mol. The summed E-state index contributed by atoms with van der Waals surface area (Å²) in [6, 6.07) is -1.23. The Balaban J connectivity index is 1.46. The molecule has 3 atom stereocenters. The van der Waals surface area contributed by atoms with Gasteiger partial charge in [-0.1, -0.05) is 11.6 Å². The van der Waals surface area contributed by atoms with Crippen molar-refractivity contribution in [2.45, 2.75) is 75.7 Å². The molecule has 0 bridgehead atoms. The van der Waals surface area contributed by atoms with Crippen molar-refractivity contribution in [2.24, 2.45) is 0 Å². The molecule has 14 heteroatoms. The normalized spacial score (nSPS) is 27.0. The summed E-state index contributed by atoms with van der Waals surface area (Å²) >= 11 is 5.89. The Morgan fingerprint density at radius 2 is 2.03 bits per heavy atom. The summed E-state index contributed by atoms with van der Waals surface area (Å²) in [6.45, 7) is 5.33. The molecule has 2 aromatic heterocycles. The lowest BCUT2D eigenvalue weighted by atomic mass is 9.95. The average Bonchev–Trinajstić information content (AvgIpc) is 3.33. The summed E-state index contributed by atoms with van der Waals surface area (Å²) in [6.07, 6.45) is 0.715. The van der Waals surface area contributed by atoms with Crippen LogP contribution in [0.15, 0.2) is 6.20 Å². The number of nitrogens with one attached hydrogen (secondary N) is 1. The molecule has 0 aromatic carbocycles. The Morgan fingerprint density at radius 1 is 1.26 bits per heavy atom. The lowest BCUT2D eigenvalue weighted by Crippen LogP contribution is -2.56. The number of amides is 1. The standard InChI is InChI=1S/C25H31ClF4N6O3/c1-23(2,3)39-22(37)32-15-8-25(29,30)12-35(11-15)20-16-9-31-19(26)17(28)18(16)33-21(34-20)38-13-24-5-4-6-36(24)10-14(27)7-24/h9,14-15H,4-8,10-13H2,1-3H3,(H,32,37)/t14-,15?,24+/m1/s1. The van der Waals surface area contributed by atoms with Gasteiger partial charge in [-0.2, -0.15) is 9.97 Å². The molecule has 2 aromatic rings. The van der Waals surface area contributed by atoms with Gasteiger partial charge in [-0.05, 0) is 40.2 Å². The second-order valence-electron chi connectivity index (χ2n) is 11.6. The first kappa shape index (κ1) is 27.9. The van der Waals surface area contributed by atoms with Gasteiger partial charge in [-0.25, -0.2) is 27.3 Å². The van der Waals surface area contributed by atoms with E-state index in [-0.39, 0.29) is 35.9 Å². The van der Waals surface area contributed by atoms with Gasteiger partial charge in [-0.15, -0.1) is 0 Å². The number of aromatic nitrogens is 3. The molecule has 3 aliphatic rings. The van der Waals surface area contributed by atoms with Crippen molar-refractivity contribution in [2.75, 3.05) is 37.7 Å². The Hall–Kier alpha value is -2.67. The molecular weight excluding hydrogens is 544 g/mol. The first-order valence-corrected chi connectivity index (χ1v) is 13.3. The van der Waals surface area contributed by atoms with Gasteiger partial charge >= 0.3 is 12.1 Å². The highest BCUT2D eigenvalue weighted by molar-refractivity contribution is 6.30. The fraction of sp³-hybridized carbons (Fsp3) is 0.680. The molecule has 3 saturated heterocycles. The maximum Gasteiger partial charge on any atom is 0.407 e. The topological polar surface area (TPSA) is 92.7 Å². The van der Waals surface area contributed by atoms with Crippen LogP contribution in [-0.4, -0.2) is 88.0 Å². The number of piperidine rings is 1. The van der Waals surface area contributed by atoms with E-state index in [4.69, 9.17) is 21.1 Å². The highest BCUT2D eigenvalue weighted by atomic mass is 35.5. The smallest absolute Gasteiger partial charge is 0.407 e. The summed E-state index contributed by atoms with van der Waals surface area (Å²) in [5, 5.41) is 2.11. The molecule has 0 radical (unpaired) electrons. The zero-order valence-electron chi connectivity index (χ0n) is 21.9. The Bertz CT molecular complexity index is 1260. The summed E-state index contributed by atoms with van der Waals surface area (Å²) in [7, 11) is 0. The minimum absolute atomic E-state index is 0.0380. The van der Waals surface area contributed by atoms with E-state index in [9.17, 15) is 18.0 Å². The largest absolute Gasteiger partial charge is 0.461 e. The molecule has 0 aliphatic carbocycles. The highest BCUT2D eigenvalue weighted by Crippen LogP contribution is 2.41. The van der Waals surface area contributed by atoms with Crippen molar-refractivity contribution in [3.63, 3.8) is 0 Å². The van der Waals surface area contributed by atoms with E-state index >= 15 is 4.39 Å². The molecule has 3 aliphatic heterocycles. The lowest BCUT2D eigenvalue weighted by molar-refractivity contribution is -0.0231. The third-order valence-electron chi connectivity index (χ3n) is 7.26. The van der Waals surface area contributed by atoms with Gasteiger partial charge in [0.15, 0.2) is 11.0 Å². The van der Waals surface area contributed by atoms with Gasteiger partial charge in [0.2, 0.25) is 0 Å². The predicted molar refractivity (Wildman–Crippen MR) is 136 cm³/mol. The van der Waals surface area contributed by atoms with Gasteiger partial charge in [0.1, 0.15) is 29.7 Å². The molecule has 1 amide bonds. The molecule has 1 unspecified atom stereocenters. The van der Waals surface area contributed by atoms with Crippen molar-refractivity contribution in [3.8, 4) is 6.01 Å². The average molecular weight is 575 g/mol. The summed E-state index contributed by atoms with van der Waals surface area (Å²) in [5.41, 5.74) is -1.57. The number of halogens is 5. The summed E-state index contributed by atoms with van der Waals surface area (Å²) < 4.78 is 70.2. The fourth-order valence-electron chi connectivity index (χ4n) is 5.78. The second-order valence-corrected chi connectivity index (χ2v) is 12.0. The van der Waals surface area contributed by atoms with Crippen LogP contribution in [0.4, 0.5) is 28.2 Å². The van der Waals surface area contributed by atoms with E-state index in [1.54, 1.807) is 20.8 Å². The number of ether oxygens (including phenoxy) is 2. The number of hydrogen-bond acceptors (Lipinski definition) is 8. The zero-order valence-corrected chi connectivity index (χ0v) is 22.7. The predicted octanol–water partition coefficient (Wildman–Crippen LogP) is 4.51. The number of fused-ring (bicyclic) bond motifs is 2. The van der Waals surface area contributed by atoms with E-state index in [0.29, 0.717) is 13.0 Å². The molecule has 3 fully saturated rings. The Morgan fingerprint density at radius 3 is 2.77 bits per heavy atom. The van der Waals surface area contributed by atoms with Crippen LogP contribution in [0, 0.1) is 5.82 Å². The second kappa shape index (κ2) is 10.1. The first-order chi connectivity index (χ1) is 18.2. The number of anilines is 1. The van der Waals surface area contributed by atoms with E-state index in [1.807, 2.05) is 4.90 Å². The van der Waals surface area contributed by atoms with Crippen LogP contribution in [-0.2, 0) is 4.74 Å². The first-order valence-electron chi connectivity index (χ1n) is 12.9. The van der Waals surface area contributed by atoms with Crippen molar-refractivity contribution in [1.82, 2.24) is 25.2 Å². The van der Waals surface area contributed by atoms with Crippen LogP contribution in [0.5, 0.6) is 6.01 Å². The molecule has 214 valence electrons. The molecule has 39 heavy (non-hydrogen) atoms. The minimum atomic E-state index is -3.21. The number of nitrogens with zero attached hydrogens (tertiary/aromatic N) is 5. The van der Waals surface area contributed by atoms with Gasteiger partial charge in [0, 0.05) is 32.1 Å². The van der Waals surface area contributed by atoms with Crippen LogP contribution in [0.2, 0.25) is 5.15 Å². The number of pyridine rings is 1. The maximum atomic E-state index is 15.1. The molecule has 5 heterocycles. The fourth-order valence-corrected chi connectivity index (χ4v) is 5.92. The number of carbonyl (C=O) groups is 1. The summed E-state index contributed by atoms with van der Waals surface area (Å²) in [4.78, 5) is 28.0. The van der Waals surface area contributed by atoms with E-state index in [2.05, 4.69) is 20.3 Å².